The summed E-state index contributed by atoms with van der Waals surface area (Å²) in [5.74, 6) is 2.31. The highest BCUT2D eigenvalue weighted by molar-refractivity contribution is 9.10. The third kappa shape index (κ3) is 2.56. The number of para-hydroxylation sites is 1. The third-order valence-electron chi connectivity index (χ3n) is 3.09. The van der Waals surface area contributed by atoms with Gasteiger partial charge in [0, 0.05) is 18.3 Å². The molecule has 0 fully saturated rings. The van der Waals surface area contributed by atoms with E-state index in [9.17, 15) is 0 Å². The lowest BCUT2D eigenvalue weighted by Gasteiger charge is -2.14. The summed E-state index contributed by atoms with van der Waals surface area (Å²) >= 11 is 3.47. The zero-order chi connectivity index (χ0) is 13.9. The van der Waals surface area contributed by atoms with Crippen molar-refractivity contribution in [2.45, 2.75) is 13.0 Å². The van der Waals surface area contributed by atoms with Gasteiger partial charge in [0.15, 0.2) is 0 Å². The number of nitrogens with zero attached hydrogens (tertiary/aromatic N) is 2. The van der Waals surface area contributed by atoms with E-state index in [2.05, 4.69) is 42.6 Å². The van der Waals surface area contributed by atoms with E-state index in [1.54, 1.807) is 6.20 Å². The molecular formula is C14H15BrN4O. The molecule has 2 N–H and O–H groups in total. The highest BCUT2D eigenvalue weighted by atomic mass is 79.9. The highest BCUT2D eigenvalue weighted by Gasteiger charge is 2.24. The van der Waals surface area contributed by atoms with Gasteiger partial charge in [-0.3, -0.25) is 0 Å². The van der Waals surface area contributed by atoms with Crippen molar-refractivity contribution in [3.63, 3.8) is 0 Å². The fraction of sp³-hybridized carbons (Fsp3) is 0.286. The molecule has 6 heteroatoms. The first-order valence-corrected chi connectivity index (χ1v) is 7.32. The van der Waals surface area contributed by atoms with Crippen LogP contribution in [0, 0.1) is 0 Å². The van der Waals surface area contributed by atoms with Crippen LogP contribution >= 0.6 is 15.9 Å². The predicted octanol–water partition coefficient (Wildman–Crippen LogP) is 3.22. The first-order valence-electron chi connectivity index (χ1n) is 6.52. The molecule has 104 valence electrons. The van der Waals surface area contributed by atoms with Crippen LogP contribution in [0.1, 0.15) is 18.5 Å². The quantitative estimate of drug-likeness (QED) is 0.898. The van der Waals surface area contributed by atoms with Crippen LogP contribution in [-0.4, -0.2) is 23.1 Å². The molecular weight excluding hydrogens is 320 g/mol. The molecule has 0 saturated carbocycles. The lowest BCUT2D eigenvalue weighted by Crippen LogP contribution is -2.14. The van der Waals surface area contributed by atoms with Crippen molar-refractivity contribution in [1.82, 2.24) is 9.97 Å². The Kier molecular flexibility index (Phi) is 3.73. The van der Waals surface area contributed by atoms with Crippen molar-refractivity contribution in [2.24, 2.45) is 0 Å². The molecule has 1 aromatic carbocycles. The van der Waals surface area contributed by atoms with Crippen LogP contribution in [0.5, 0.6) is 5.75 Å². The van der Waals surface area contributed by atoms with Gasteiger partial charge in [-0.15, -0.1) is 0 Å². The maximum absolute atomic E-state index is 5.66. The molecule has 20 heavy (non-hydrogen) atoms. The van der Waals surface area contributed by atoms with E-state index in [0.717, 1.165) is 28.1 Å². The van der Waals surface area contributed by atoms with E-state index in [4.69, 9.17) is 4.74 Å². The van der Waals surface area contributed by atoms with Crippen LogP contribution in [0.15, 0.2) is 34.9 Å². The Morgan fingerprint density at radius 2 is 2.25 bits per heavy atom. The van der Waals surface area contributed by atoms with E-state index < -0.39 is 0 Å². The monoisotopic (exact) mass is 334 g/mol. The van der Waals surface area contributed by atoms with Gasteiger partial charge in [0.05, 0.1) is 10.5 Å². The minimum absolute atomic E-state index is 0.104. The third-order valence-corrected chi connectivity index (χ3v) is 3.67. The molecule has 0 aliphatic carbocycles. The van der Waals surface area contributed by atoms with Crippen molar-refractivity contribution in [3.8, 4) is 5.75 Å². The maximum atomic E-state index is 5.66. The Morgan fingerprint density at radius 1 is 1.40 bits per heavy atom. The predicted molar refractivity (Wildman–Crippen MR) is 82.2 cm³/mol. The molecule has 1 unspecified atom stereocenters. The van der Waals surface area contributed by atoms with Crippen LogP contribution in [0.25, 0.3) is 0 Å². The summed E-state index contributed by atoms with van der Waals surface area (Å²) in [6.45, 7) is 3.41. The molecule has 0 saturated heterocycles. The zero-order valence-electron chi connectivity index (χ0n) is 11.1. The molecule has 1 aliphatic rings. The van der Waals surface area contributed by atoms with Crippen molar-refractivity contribution in [2.75, 3.05) is 23.8 Å². The smallest absolute Gasteiger partial charge is 0.224 e. The zero-order valence-corrected chi connectivity index (χ0v) is 12.6. The Morgan fingerprint density at radius 3 is 3.10 bits per heavy atom. The fourth-order valence-corrected chi connectivity index (χ4v) is 2.46. The Labute approximate surface area is 125 Å². The molecule has 2 heterocycles. The highest BCUT2D eigenvalue weighted by Crippen LogP contribution is 2.35. The lowest BCUT2D eigenvalue weighted by molar-refractivity contribution is 0.339. The van der Waals surface area contributed by atoms with Gasteiger partial charge in [-0.25, -0.2) is 4.98 Å². The number of ether oxygens (including phenoxy) is 1. The second-order valence-electron chi connectivity index (χ2n) is 4.47. The molecule has 1 aromatic heterocycles. The van der Waals surface area contributed by atoms with E-state index in [1.165, 1.54) is 0 Å². The summed E-state index contributed by atoms with van der Waals surface area (Å²) in [5.41, 5.74) is 1.16. The van der Waals surface area contributed by atoms with Gasteiger partial charge < -0.3 is 15.4 Å². The molecule has 0 radical (unpaired) electrons. The van der Waals surface area contributed by atoms with Gasteiger partial charge in [-0.2, -0.15) is 4.98 Å². The average molecular weight is 335 g/mol. The first kappa shape index (κ1) is 13.2. The minimum Gasteiger partial charge on any atom is -0.491 e. The molecule has 5 nitrogen and oxygen atoms in total. The van der Waals surface area contributed by atoms with Crippen molar-refractivity contribution >= 4 is 27.7 Å². The summed E-state index contributed by atoms with van der Waals surface area (Å²) in [7, 11) is 0. The number of aromatic nitrogens is 2. The standard InChI is InChI=1S/C14H15BrN4O/c1-2-16-14-17-7-10(15)13(19-14)18-11-8-20-12-6-4-3-5-9(11)12/h3-7,11H,2,8H2,1H3,(H2,16,17,18,19). The van der Waals surface area contributed by atoms with Crippen molar-refractivity contribution < 1.29 is 4.74 Å². The SMILES string of the molecule is CCNc1ncc(Br)c(NC2COc3ccccc32)n1. The molecule has 2 aromatic rings. The second kappa shape index (κ2) is 5.66. The van der Waals surface area contributed by atoms with E-state index in [1.807, 2.05) is 25.1 Å². The van der Waals surface area contributed by atoms with Gasteiger partial charge in [0.25, 0.3) is 0 Å². The fourth-order valence-electron chi connectivity index (χ4n) is 2.16. The average Bonchev–Trinajstić information content (AvgIpc) is 2.86. The second-order valence-corrected chi connectivity index (χ2v) is 5.32. The van der Waals surface area contributed by atoms with Crippen LogP contribution < -0.4 is 15.4 Å². The Bertz CT molecular complexity index is 620. The Balaban J connectivity index is 1.83. The van der Waals surface area contributed by atoms with E-state index >= 15 is 0 Å². The van der Waals surface area contributed by atoms with Crippen LogP contribution in [0.4, 0.5) is 11.8 Å². The number of hydrogen-bond donors (Lipinski definition) is 2. The van der Waals surface area contributed by atoms with Gasteiger partial charge >= 0.3 is 0 Å². The van der Waals surface area contributed by atoms with Gasteiger partial charge in [-0.05, 0) is 28.9 Å². The minimum atomic E-state index is 0.104. The molecule has 0 bridgehead atoms. The summed E-state index contributed by atoms with van der Waals surface area (Å²) in [6.07, 6.45) is 1.75. The number of halogens is 1. The first-order chi connectivity index (χ1) is 9.78. The summed E-state index contributed by atoms with van der Waals surface area (Å²) in [5, 5.41) is 6.51. The number of hydrogen-bond acceptors (Lipinski definition) is 5. The number of fused-ring (bicyclic) bond motifs is 1. The van der Waals surface area contributed by atoms with Crippen molar-refractivity contribution in [3.05, 3.63) is 40.5 Å². The number of anilines is 2. The molecule has 3 rings (SSSR count). The molecule has 0 amide bonds. The Hall–Kier alpha value is -1.82. The summed E-state index contributed by atoms with van der Waals surface area (Å²) < 4.78 is 6.50. The molecule has 0 spiro atoms. The van der Waals surface area contributed by atoms with E-state index in [-0.39, 0.29) is 6.04 Å². The normalized spacial score (nSPS) is 16.4. The van der Waals surface area contributed by atoms with Crippen molar-refractivity contribution in [1.29, 1.82) is 0 Å². The number of benzene rings is 1. The molecule has 1 atom stereocenters. The number of nitrogens with one attached hydrogen (secondary N) is 2. The van der Waals surface area contributed by atoms with Crippen LogP contribution in [0.2, 0.25) is 0 Å². The maximum Gasteiger partial charge on any atom is 0.224 e. The number of rotatable bonds is 4. The van der Waals surface area contributed by atoms with Gasteiger partial charge in [0.2, 0.25) is 5.95 Å². The van der Waals surface area contributed by atoms with E-state index in [0.29, 0.717) is 12.6 Å². The lowest BCUT2D eigenvalue weighted by atomic mass is 10.1. The van der Waals surface area contributed by atoms with Crippen LogP contribution in [-0.2, 0) is 0 Å². The largest absolute Gasteiger partial charge is 0.491 e. The van der Waals surface area contributed by atoms with Gasteiger partial charge in [-0.1, -0.05) is 18.2 Å². The topological polar surface area (TPSA) is 59.1 Å². The van der Waals surface area contributed by atoms with Gasteiger partial charge in [0.1, 0.15) is 18.2 Å². The summed E-state index contributed by atoms with van der Waals surface area (Å²) in [4.78, 5) is 8.67. The molecule has 1 aliphatic heterocycles. The van der Waals surface area contributed by atoms with Crippen LogP contribution in [0.3, 0.4) is 0 Å². The summed E-state index contributed by atoms with van der Waals surface area (Å²) in [6, 6.07) is 8.15.